The minimum Gasteiger partial charge on any atom is -0.376 e. The number of rotatable bonds is 12. The van der Waals surface area contributed by atoms with Crippen LogP contribution in [0.5, 0.6) is 0 Å². The van der Waals surface area contributed by atoms with E-state index in [9.17, 15) is 0 Å². The van der Waals surface area contributed by atoms with Crippen LogP contribution in [0.2, 0.25) is 0 Å². The van der Waals surface area contributed by atoms with Crippen LogP contribution in [0.4, 0.5) is 0 Å². The summed E-state index contributed by atoms with van der Waals surface area (Å²) >= 11 is 0. The monoisotopic (exact) mass is 452 g/mol. The quantitative estimate of drug-likeness (QED) is 0.269. The SMILES string of the molecule is C=C[C@@H]1C[C@H](/C=C/Cc2ccccc2)[C@H](COCc2ccccc2)[C@@H]1COCc1ccccc1. The van der Waals surface area contributed by atoms with Crippen LogP contribution < -0.4 is 0 Å². The molecule has 0 heterocycles. The lowest BCUT2D eigenvalue weighted by molar-refractivity contribution is 0.0203. The molecule has 1 aliphatic carbocycles. The van der Waals surface area contributed by atoms with Gasteiger partial charge in [-0.2, -0.15) is 0 Å². The molecule has 34 heavy (non-hydrogen) atoms. The second-order valence-electron chi connectivity index (χ2n) is 9.25. The molecule has 0 amide bonds. The van der Waals surface area contributed by atoms with Crippen LogP contribution in [0.3, 0.4) is 0 Å². The minimum atomic E-state index is 0.406. The third kappa shape index (κ3) is 7.03. The highest BCUT2D eigenvalue weighted by Crippen LogP contribution is 2.43. The highest BCUT2D eigenvalue weighted by molar-refractivity contribution is 5.18. The third-order valence-corrected chi connectivity index (χ3v) is 6.92. The number of ether oxygens (including phenoxy) is 2. The van der Waals surface area contributed by atoms with E-state index < -0.39 is 0 Å². The smallest absolute Gasteiger partial charge is 0.0717 e. The van der Waals surface area contributed by atoms with Crippen molar-refractivity contribution in [3.05, 3.63) is 132 Å². The highest BCUT2D eigenvalue weighted by atomic mass is 16.5. The molecule has 1 aliphatic rings. The summed E-state index contributed by atoms with van der Waals surface area (Å²) in [6, 6.07) is 31.5. The first-order valence-electron chi connectivity index (χ1n) is 12.4. The average molecular weight is 453 g/mol. The molecule has 2 heteroatoms. The first kappa shape index (κ1) is 24.2. The molecule has 0 unspecified atom stereocenters. The average Bonchev–Trinajstić information content (AvgIpc) is 3.22. The fourth-order valence-electron chi connectivity index (χ4n) is 5.05. The van der Waals surface area contributed by atoms with Gasteiger partial charge in [0.15, 0.2) is 0 Å². The van der Waals surface area contributed by atoms with Crippen molar-refractivity contribution in [3.63, 3.8) is 0 Å². The van der Waals surface area contributed by atoms with Crippen molar-refractivity contribution in [1.82, 2.24) is 0 Å². The van der Waals surface area contributed by atoms with Crippen molar-refractivity contribution in [2.75, 3.05) is 13.2 Å². The zero-order valence-corrected chi connectivity index (χ0v) is 20.0. The first-order valence-corrected chi connectivity index (χ1v) is 12.4. The molecule has 4 rings (SSSR count). The molecule has 0 bridgehead atoms. The summed E-state index contributed by atoms with van der Waals surface area (Å²) in [4.78, 5) is 0. The van der Waals surface area contributed by atoms with Gasteiger partial charge in [0, 0.05) is 0 Å². The molecule has 3 aromatic carbocycles. The standard InChI is InChI=1S/C32H36O2/c1-2-29-21-30(20-12-19-26-13-6-3-7-14-26)32(25-34-23-28-17-10-5-11-18-28)31(29)24-33-22-27-15-8-4-9-16-27/h2-18,20,29-32H,1,19,21-25H2/b20-12+/t29-,30+,31-,32+/m1/s1. The largest absolute Gasteiger partial charge is 0.376 e. The topological polar surface area (TPSA) is 18.5 Å². The molecular formula is C32H36O2. The molecule has 176 valence electrons. The van der Waals surface area contributed by atoms with E-state index in [1.54, 1.807) is 0 Å². The van der Waals surface area contributed by atoms with E-state index in [0.29, 0.717) is 36.9 Å². The van der Waals surface area contributed by atoms with Crippen LogP contribution in [0.15, 0.2) is 116 Å². The second kappa shape index (κ2) is 13.1. The Balaban J connectivity index is 1.41. The summed E-state index contributed by atoms with van der Waals surface area (Å²) in [6.07, 6.45) is 8.94. The van der Waals surface area contributed by atoms with E-state index in [1.807, 2.05) is 12.1 Å². The van der Waals surface area contributed by atoms with Crippen molar-refractivity contribution < 1.29 is 9.47 Å². The maximum absolute atomic E-state index is 6.26. The second-order valence-corrected chi connectivity index (χ2v) is 9.25. The Morgan fingerprint density at radius 1 is 0.647 bits per heavy atom. The van der Waals surface area contributed by atoms with Gasteiger partial charge in [-0.15, -0.1) is 6.58 Å². The van der Waals surface area contributed by atoms with Crippen LogP contribution in [-0.4, -0.2) is 13.2 Å². The van der Waals surface area contributed by atoms with Crippen LogP contribution in [-0.2, 0) is 29.1 Å². The van der Waals surface area contributed by atoms with Crippen LogP contribution in [0.1, 0.15) is 23.1 Å². The van der Waals surface area contributed by atoms with Crippen LogP contribution >= 0.6 is 0 Å². The van der Waals surface area contributed by atoms with Gasteiger partial charge in [-0.25, -0.2) is 0 Å². The predicted octanol–water partition coefficient (Wildman–Crippen LogP) is 7.27. The van der Waals surface area contributed by atoms with E-state index in [2.05, 4.69) is 104 Å². The Morgan fingerprint density at radius 2 is 1.12 bits per heavy atom. The lowest BCUT2D eigenvalue weighted by atomic mass is 9.87. The minimum absolute atomic E-state index is 0.406. The Hall–Kier alpha value is -2.94. The first-order chi connectivity index (χ1) is 16.8. The molecule has 0 N–H and O–H groups in total. The molecule has 0 radical (unpaired) electrons. The predicted molar refractivity (Wildman–Crippen MR) is 140 cm³/mol. The Morgan fingerprint density at radius 3 is 1.62 bits per heavy atom. The van der Waals surface area contributed by atoms with Gasteiger partial charge in [-0.05, 0) is 53.2 Å². The van der Waals surface area contributed by atoms with E-state index in [0.717, 1.165) is 26.1 Å². The molecule has 2 nitrogen and oxygen atoms in total. The lowest BCUT2D eigenvalue weighted by Gasteiger charge is -2.25. The molecule has 3 aromatic rings. The lowest BCUT2D eigenvalue weighted by Crippen LogP contribution is -2.26. The van der Waals surface area contributed by atoms with Crippen molar-refractivity contribution in [1.29, 1.82) is 0 Å². The van der Waals surface area contributed by atoms with Gasteiger partial charge in [0.05, 0.1) is 26.4 Å². The van der Waals surface area contributed by atoms with Gasteiger partial charge >= 0.3 is 0 Å². The van der Waals surface area contributed by atoms with Gasteiger partial charge in [-0.1, -0.05) is 109 Å². The Labute approximate surface area is 204 Å². The van der Waals surface area contributed by atoms with Crippen molar-refractivity contribution >= 4 is 0 Å². The number of hydrogen-bond acceptors (Lipinski definition) is 2. The number of benzene rings is 3. The normalized spacial score (nSPS) is 22.2. The maximum atomic E-state index is 6.26. The van der Waals surface area contributed by atoms with Gasteiger partial charge < -0.3 is 9.47 Å². The van der Waals surface area contributed by atoms with E-state index in [-0.39, 0.29) is 0 Å². The Kier molecular flexibility index (Phi) is 9.30. The Bertz CT molecular complexity index is 997. The maximum Gasteiger partial charge on any atom is 0.0717 e. The summed E-state index contributed by atoms with van der Waals surface area (Å²) < 4.78 is 12.5. The van der Waals surface area contributed by atoms with E-state index >= 15 is 0 Å². The summed E-state index contributed by atoms with van der Waals surface area (Å²) in [5, 5.41) is 0. The van der Waals surface area contributed by atoms with Gasteiger partial charge in [-0.3, -0.25) is 0 Å². The van der Waals surface area contributed by atoms with Gasteiger partial charge in [0.25, 0.3) is 0 Å². The summed E-state index contributed by atoms with van der Waals surface area (Å²) in [7, 11) is 0. The summed E-state index contributed by atoms with van der Waals surface area (Å²) in [5.41, 5.74) is 3.78. The molecule has 1 fully saturated rings. The van der Waals surface area contributed by atoms with Crippen molar-refractivity contribution in [3.8, 4) is 0 Å². The van der Waals surface area contributed by atoms with E-state index in [4.69, 9.17) is 9.47 Å². The van der Waals surface area contributed by atoms with Crippen molar-refractivity contribution in [2.24, 2.45) is 23.7 Å². The zero-order valence-electron chi connectivity index (χ0n) is 20.0. The molecule has 0 aliphatic heterocycles. The zero-order chi connectivity index (χ0) is 23.4. The fourth-order valence-corrected chi connectivity index (χ4v) is 5.05. The summed E-state index contributed by atoms with van der Waals surface area (Å²) in [5.74, 6) is 1.72. The summed E-state index contributed by atoms with van der Waals surface area (Å²) in [6.45, 7) is 6.92. The van der Waals surface area contributed by atoms with Crippen LogP contribution in [0.25, 0.3) is 0 Å². The van der Waals surface area contributed by atoms with Crippen LogP contribution in [0, 0.1) is 23.7 Å². The molecule has 0 aromatic heterocycles. The molecule has 0 saturated heterocycles. The molecule has 1 saturated carbocycles. The van der Waals surface area contributed by atoms with Gasteiger partial charge in [0.2, 0.25) is 0 Å². The third-order valence-electron chi connectivity index (χ3n) is 6.92. The molecule has 0 spiro atoms. The highest BCUT2D eigenvalue weighted by Gasteiger charge is 2.40. The molecule has 4 atom stereocenters. The molecular weight excluding hydrogens is 416 g/mol. The fraction of sp³-hybridized carbons (Fsp3) is 0.312. The number of allylic oxidation sites excluding steroid dienone is 3. The van der Waals surface area contributed by atoms with Crippen molar-refractivity contribution in [2.45, 2.75) is 26.1 Å². The number of hydrogen-bond donors (Lipinski definition) is 0. The van der Waals surface area contributed by atoms with Gasteiger partial charge in [0.1, 0.15) is 0 Å². The van der Waals surface area contributed by atoms with E-state index in [1.165, 1.54) is 16.7 Å².